The molecule has 0 bridgehead atoms. The number of hydrogen-bond acceptors (Lipinski definition) is 7. The Morgan fingerprint density at radius 1 is 1.32 bits per heavy atom. The number of nitriles is 1. The van der Waals surface area contributed by atoms with Crippen molar-refractivity contribution in [2.75, 3.05) is 19.7 Å². The molecule has 5 rings (SSSR count). The van der Waals surface area contributed by atoms with E-state index >= 15 is 0 Å². The van der Waals surface area contributed by atoms with Gasteiger partial charge in [0.15, 0.2) is 0 Å². The molecule has 1 saturated heterocycles. The van der Waals surface area contributed by atoms with E-state index in [1.807, 2.05) is 26.0 Å². The molecule has 1 atom stereocenters. The molecule has 8 nitrogen and oxygen atoms in total. The largest absolute Gasteiger partial charge is 0.490 e. The van der Waals surface area contributed by atoms with Gasteiger partial charge in [-0.2, -0.15) is 10.2 Å². The Labute approximate surface area is 197 Å². The standard InChI is InChI=1S/C26H26N4O4/c1-16(2)33-22-7-6-17(12-18(22)14-27)25-28-24(29-34-25)20-4-3-5-21-19(20)8-9-26(21)13-23(32)30(15-26)10-11-31/h3-7,12,16,31H,8-11,13,15H2,1-2H3/t26-/m1/s1. The van der Waals surface area contributed by atoms with E-state index in [-0.39, 0.29) is 24.0 Å². The lowest BCUT2D eigenvalue weighted by Gasteiger charge is -2.24. The van der Waals surface area contributed by atoms with Gasteiger partial charge >= 0.3 is 0 Å². The van der Waals surface area contributed by atoms with Gasteiger partial charge in [-0.15, -0.1) is 0 Å². The van der Waals surface area contributed by atoms with Gasteiger partial charge in [-0.1, -0.05) is 23.4 Å². The Morgan fingerprint density at radius 2 is 2.18 bits per heavy atom. The van der Waals surface area contributed by atoms with Crippen LogP contribution in [0.15, 0.2) is 40.9 Å². The van der Waals surface area contributed by atoms with Gasteiger partial charge in [-0.05, 0) is 56.0 Å². The Bertz CT molecular complexity index is 1290. The summed E-state index contributed by atoms with van der Waals surface area (Å²) in [4.78, 5) is 18.9. The van der Waals surface area contributed by atoms with Crippen LogP contribution >= 0.6 is 0 Å². The van der Waals surface area contributed by atoms with Crippen LogP contribution in [0.1, 0.15) is 43.4 Å². The Kier molecular flexibility index (Phi) is 5.58. The van der Waals surface area contributed by atoms with Crippen molar-refractivity contribution in [3.05, 3.63) is 53.1 Å². The van der Waals surface area contributed by atoms with Gasteiger partial charge in [0.2, 0.25) is 11.7 Å². The molecule has 1 spiro atoms. The van der Waals surface area contributed by atoms with Gasteiger partial charge in [0.25, 0.3) is 5.89 Å². The highest BCUT2D eigenvalue weighted by Crippen LogP contribution is 2.48. The van der Waals surface area contributed by atoms with Gasteiger partial charge in [0.1, 0.15) is 11.8 Å². The number of aliphatic hydroxyl groups excluding tert-OH is 1. The van der Waals surface area contributed by atoms with Gasteiger partial charge in [0, 0.05) is 36.1 Å². The van der Waals surface area contributed by atoms with Crippen molar-refractivity contribution in [3.63, 3.8) is 0 Å². The average molecular weight is 459 g/mol. The molecule has 0 radical (unpaired) electrons. The zero-order chi connectivity index (χ0) is 23.9. The summed E-state index contributed by atoms with van der Waals surface area (Å²) in [6, 6.07) is 13.5. The fraction of sp³-hybridized carbons (Fsp3) is 0.385. The second kappa shape index (κ2) is 8.58. The number of fused-ring (bicyclic) bond motifs is 2. The van der Waals surface area contributed by atoms with Crippen LogP contribution in [-0.2, 0) is 16.6 Å². The van der Waals surface area contributed by atoms with E-state index in [1.54, 1.807) is 23.1 Å². The van der Waals surface area contributed by atoms with Crippen molar-refractivity contribution in [2.24, 2.45) is 0 Å². The minimum Gasteiger partial charge on any atom is -0.490 e. The molecule has 2 heterocycles. The van der Waals surface area contributed by atoms with Gasteiger partial charge in [-0.3, -0.25) is 4.79 Å². The molecule has 1 amide bonds. The molecule has 2 aromatic carbocycles. The van der Waals surface area contributed by atoms with E-state index in [0.29, 0.717) is 48.1 Å². The minimum atomic E-state index is -0.224. The highest BCUT2D eigenvalue weighted by molar-refractivity contribution is 5.82. The van der Waals surface area contributed by atoms with Crippen molar-refractivity contribution < 1.29 is 19.2 Å². The highest BCUT2D eigenvalue weighted by atomic mass is 16.5. The zero-order valence-corrected chi connectivity index (χ0v) is 19.2. The first-order valence-corrected chi connectivity index (χ1v) is 11.5. The van der Waals surface area contributed by atoms with Crippen LogP contribution in [0, 0.1) is 11.3 Å². The average Bonchev–Trinajstić information content (AvgIpc) is 3.52. The second-order valence-electron chi connectivity index (χ2n) is 9.24. The van der Waals surface area contributed by atoms with Crippen LogP contribution in [-0.4, -0.2) is 51.9 Å². The molecule has 174 valence electrons. The fourth-order valence-electron chi connectivity index (χ4n) is 5.20. The quantitative estimate of drug-likeness (QED) is 0.602. The smallest absolute Gasteiger partial charge is 0.258 e. The Morgan fingerprint density at radius 3 is 2.94 bits per heavy atom. The summed E-state index contributed by atoms with van der Waals surface area (Å²) in [6.07, 6.45) is 2.13. The Hall–Kier alpha value is -3.70. The molecule has 2 aliphatic rings. The normalized spacial score (nSPS) is 19.1. The van der Waals surface area contributed by atoms with Crippen LogP contribution in [0.25, 0.3) is 22.8 Å². The van der Waals surface area contributed by atoms with Crippen LogP contribution in [0.2, 0.25) is 0 Å². The van der Waals surface area contributed by atoms with Gasteiger partial charge < -0.3 is 19.3 Å². The third-order valence-electron chi connectivity index (χ3n) is 6.68. The molecule has 8 heteroatoms. The first-order valence-electron chi connectivity index (χ1n) is 11.5. The lowest BCUT2D eigenvalue weighted by Crippen LogP contribution is -2.32. The minimum absolute atomic E-state index is 0.0293. The van der Waals surface area contributed by atoms with E-state index < -0.39 is 0 Å². The molecule has 3 aromatic rings. The van der Waals surface area contributed by atoms with Crippen molar-refractivity contribution in [3.8, 4) is 34.7 Å². The predicted octanol–water partition coefficient (Wildman–Crippen LogP) is 3.47. The molecule has 1 aromatic heterocycles. The van der Waals surface area contributed by atoms with E-state index in [2.05, 4.69) is 22.3 Å². The molecule has 0 saturated carbocycles. The fourth-order valence-corrected chi connectivity index (χ4v) is 5.20. The van der Waals surface area contributed by atoms with Gasteiger partial charge in [-0.25, -0.2) is 0 Å². The third-order valence-corrected chi connectivity index (χ3v) is 6.68. The third kappa shape index (κ3) is 3.72. The predicted molar refractivity (Wildman–Crippen MR) is 124 cm³/mol. The van der Waals surface area contributed by atoms with E-state index in [4.69, 9.17) is 9.26 Å². The number of rotatable bonds is 6. The number of ether oxygens (including phenoxy) is 1. The van der Waals surface area contributed by atoms with Crippen LogP contribution in [0.5, 0.6) is 5.75 Å². The molecular weight excluding hydrogens is 432 g/mol. The summed E-state index contributed by atoms with van der Waals surface area (Å²) in [5, 5.41) is 23.1. The number of likely N-dealkylation sites (tertiary alicyclic amines) is 1. The number of aromatic nitrogens is 2. The van der Waals surface area contributed by atoms with Crippen molar-refractivity contribution in [1.82, 2.24) is 15.0 Å². The monoisotopic (exact) mass is 458 g/mol. The van der Waals surface area contributed by atoms with Crippen molar-refractivity contribution in [1.29, 1.82) is 5.26 Å². The maximum atomic E-state index is 12.5. The number of β-amino-alcohol motifs (C(OH)–C–C–N with tert-alkyl or cyclic N) is 1. The first-order chi connectivity index (χ1) is 16.4. The molecule has 34 heavy (non-hydrogen) atoms. The van der Waals surface area contributed by atoms with Crippen LogP contribution in [0.4, 0.5) is 0 Å². The summed E-state index contributed by atoms with van der Waals surface area (Å²) in [5.74, 6) is 1.43. The molecule has 1 aliphatic heterocycles. The summed E-state index contributed by atoms with van der Waals surface area (Å²) < 4.78 is 11.3. The topological polar surface area (TPSA) is 112 Å². The summed E-state index contributed by atoms with van der Waals surface area (Å²) in [5.41, 5.74) is 4.04. The second-order valence-corrected chi connectivity index (χ2v) is 9.24. The zero-order valence-electron chi connectivity index (χ0n) is 19.2. The summed E-state index contributed by atoms with van der Waals surface area (Å²) in [6.45, 7) is 4.79. The number of nitrogens with zero attached hydrogens (tertiary/aromatic N) is 4. The number of aliphatic hydroxyl groups is 1. The van der Waals surface area contributed by atoms with Crippen LogP contribution < -0.4 is 4.74 Å². The van der Waals surface area contributed by atoms with E-state index in [0.717, 1.165) is 29.5 Å². The summed E-state index contributed by atoms with van der Waals surface area (Å²) in [7, 11) is 0. The lowest BCUT2D eigenvalue weighted by molar-refractivity contribution is -0.128. The molecule has 1 N–H and O–H groups in total. The number of benzene rings is 2. The maximum absolute atomic E-state index is 12.5. The molecule has 1 fully saturated rings. The van der Waals surface area contributed by atoms with E-state index in [1.165, 1.54) is 0 Å². The van der Waals surface area contributed by atoms with Crippen molar-refractivity contribution in [2.45, 2.75) is 44.6 Å². The number of hydrogen-bond donors (Lipinski definition) is 1. The van der Waals surface area contributed by atoms with Crippen LogP contribution in [0.3, 0.4) is 0 Å². The molecular formula is C26H26N4O4. The number of carbonyl (C=O) groups excluding carboxylic acids is 1. The molecule has 1 aliphatic carbocycles. The summed E-state index contributed by atoms with van der Waals surface area (Å²) >= 11 is 0. The Balaban J connectivity index is 1.46. The maximum Gasteiger partial charge on any atom is 0.258 e. The highest BCUT2D eigenvalue weighted by Gasteiger charge is 2.48. The SMILES string of the molecule is CC(C)Oc1ccc(-c2nc(-c3cccc4c3CC[C@]43CC(=O)N(CCO)C3)no2)cc1C#N. The molecule has 0 unspecified atom stereocenters. The van der Waals surface area contributed by atoms with Crippen molar-refractivity contribution >= 4 is 5.91 Å². The number of carbonyl (C=O) groups is 1. The van der Waals surface area contributed by atoms with E-state index in [9.17, 15) is 15.2 Å². The van der Waals surface area contributed by atoms with Gasteiger partial charge in [0.05, 0.1) is 18.3 Å². The lowest BCUT2D eigenvalue weighted by atomic mass is 9.80. The first kappa shape index (κ1) is 22.1. The number of amides is 1.